The first-order valence-electron chi connectivity index (χ1n) is 8.29. The molecule has 0 radical (unpaired) electrons. The molecular formula is C17H26ClFN4O3. The topological polar surface area (TPSA) is 82.7 Å². The van der Waals surface area contributed by atoms with Crippen LogP contribution < -0.4 is 16.0 Å². The highest BCUT2D eigenvalue weighted by Gasteiger charge is 2.26. The van der Waals surface area contributed by atoms with Crippen LogP contribution in [-0.2, 0) is 9.53 Å². The van der Waals surface area contributed by atoms with Crippen LogP contribution >= 0.6 is 12.4 Å². The van der Waals surface area contributed by atoms with Crippen molar-refractivity contribution in [1.82, 2.24) is 20.9 Å². The van der Waals surface area contributed by atoms with Gasteiger partial charge in [0.15, 0.2) is 0 Å². The number of methoxy groups -OCH3 is 1. The number of imide groups is 1. The van der Waals surface area contributed by atoms with E-state index in [2.05, 4.69) is 16.0 Å². The summed E-state index contributed by atoms with van der Waals surface area (Å²) in [6, 6.07) is 5.49. The van der Waals surface area contributed by atoms with Crippen LogP contribution in [0.3, 0.4) is 0 Å². The quantitative estimate of drug-likeness (QED) is 0.678. The molecule has 3 amide bonds. The molecule has 7 nitrogen and oxygen atoms in total. The summed E-state index contributed by atoms with van der Waals surface area (Å²) in [6.07, 6.45) is 0. The number of carbonyl (C=O) groups excluding carboxylic acids is 2. The molecule has 1 aliphatic heterocycles. The number of rotatable bonds is 6. The van der Waals surface area contributed by atoms with Gasteiger partial charge in [-0.25, -0.2) is 9.18 Å². The Balaban J connectivity index is 0.00000338. The molecule has 0 bridgehead atoms. The first kappa shape index (κ1) is 22.3. The van der Waals surface area contributed by atoms with Crippen LogP contribution in [0.15, 0.2) is 24.3 Å². The van der Waals surface area contributed by atoms with Gasteiger partial charge in [-0.15, -0.1) is 12.4 Å². The highest BCUT2D eigenvalue weighted by Crippen LogP contribution is 2.22. The van der Waals surface area contributed by atoms with Gasteiger partial charge < -0.3 is 15.4 Å². The first-order chi connectivity index (χ1) is 12.0. The van der Waals surface area contributed by atoms with Gasteiger partial charge in [-0.3, -0.25) is 15.0 Å². The van der Waals surface area contributed by atoms with Gasteiger partial charge in [-0.05, 0) is 24.6 Å². The lowest BCUT2D eigenvalue weighted by atomic mass is 10.0. The molecule has 1 saturated heterocycles. The molecule has 1 aromatic carbocycles. The van der Waals surface area contributed by atoms with E-state index in [1.165, 1.54) is 19.2 Å². The maximum Gasteiger partial charge on any atom is 0.321 e. The Hall–Kier alpha value is -1.74. The van der Waals surface area contributed by atoms with E-state index in [1.54, 1.807) is 13.0 Å². The summed E-state index contributed by atoms with van der Waals surface area (Å²) in [7, 11) is 1.54. The Kier molecular flexibility index (Phi) is 9.50. The Bertz CT molecular complexity index is 605. The third-order valence-electron chi connectivity index (χ3n) is 3.98. The zero-order valence-electron chi connectivity index (χ0n) is 15.0. The summed E-state index contributed by atoms with van der Waals surface area (Å²) < 4.78 is 18.4. The van der Waals surface area contributed by atoms with Gasteiger partial charge in [-0.2, -0.15) is 0 Å². The van der Waals surface area contributed by atoms with Crippen LogP contribution in [0.4, 0.5) is 9.18 Å². The van der Waals surface area contributed by atoms with Gasteiger partial charge >= 0.3 is 6.03 Å². The van der Waals surface area contributed by atoms with Gasteiger partial charge in [0.25, 0.3) is 0 Å². The molecule has 1 aromatic rings. The molecule has 26 heavy (non-hydrogen) atoms. The maximum absolute atomic E-state index is 13.5. The summed E-state index contributed by atoms with van der Waals surface area (Å²) in [4.78, 5) is 25.9. The Morgan fingerprint density at radius 2 is 2.23 bits per heavy atom. The lowest BCUT2D eigenvalue weighted by molar-refractivity contribution is -0.122. The molecule has 1 aliphatic rings. The highest BCUT2D eigenvalue weighted by atomic mass is 35.5. The van der Waals surface area contributed by atoms with Gasteiger partial charge in [0.1, 0.15) is 5.82 Å². The van der Waals surface area contributed by atoms with Crippen molar-refractivity contribution >= 4 is 24.3 Å². The van der Waals surface area contributed by atoms with Crippen molar-refractivity contribution in [1.29, 1.82) is 0 Å². The fourth-order valence-corrected chi connectivity index (χ4v) is 2.88. The molecule has 146 valence electrons. The Morgan fingerprint density at radius 3 is 2.92 bits per heavy atom. The molecular weight excluding hydrogens is 363 g/mol. The predicted octanol–water partition coefficient (Wildman–Crippen LogP) is 1.05. The standard InChI is InChI=1S/C17H25FN4O3.ClH/c1-12(11-25-2)20-17(24)21-16(23)10-22-7-6-19-9-15(22)13-4-3-5-14(18)8-13;/h3-5,8,12,15,19H,6-7,9-11H2,1-2H3,(H2,20,21,23,24);1H. The maximum atomic E-state index is 13.5. The van der Waals surface area contributed by atoms with Crippen molar-refractivity contribution in [3.05, 3.63) is 35.6 Å². The third kappa shape index (κ3) is 6.87. The second-order valence-electron chi connectivity index (χ2n) is 6.12. The number of nitrogens with zero attached hydrogens (tertiary/aromatic N) is 1. The number of carbonyl (C=O) groups is 2. The molecule has 0 aliphatic carbocycles. The molecule has 1 heterocycles. The lowest BCUT2D eigenvalue weighted by Gasteiger charge is -2.36. The van der Waals surface area contributed by atoms with Crippen LogP contribution in [0.25, 0.3) is 0 Å². The van der Waals surface area contributed by atoms with Crippen LogP contribution in [0.2, 0.25) is 0 Å². The fraction of sp³-hybridized carbons (Fsp3) is 0.529. The summed E-state index contributed by atoms with van der Waals surface area (Å²) in [5, 5.41) is 8.19. The molecule has 2 unspecified atom stereocenters. The minimum absolute atomic E-state index is 0. The second kappa shape index (κ2) is 11.1. The molecule has 9 heteroatoms. The van der Waals surface area contributed by atoms with Crippen molar-refractivity contribution in [3.63, 3.8) is 0 Å². The number of piperazine rings is 1. The second-order valence-corrected chi connectivity index (χ2v) is 6.12. The van der Waals surface area contributed by atoms with Crippen LogP contribution in [-0.4, -0.2) is 62.8 Å². The van der Waals surface area contributed by atoms with E-state index in [-0.39, 0.29) is 36.9 Å². The zero-order chi connectivity index (χ0) is 18.2. The summed E-state index contributed by atoms with van der Waals surface area (Å²) in [6.45, 7) is 4.19. The predicted molar refractivity (Wildman–Crippen MR) is 98.8 cm³/mol. The Morgan fingerprint density at radius 1 is 1.46 bits per heavy atom. The molecule has 1 fully saturated rings. The van der Waals surface area contributed by atoms with E-state index in [9.17, 15) is 14.0 Å². The van der Waals surface area contributed by atoms with Crippen LogP contribution in [0.5, 0.6) is 0 Å². The van der Waals surface area contributed by atoms with E-state index in [0.717, 1.165) is 12.1 Å². The van der Waals surface area contributed by atoms with E-state index in [4.69, 9.17) is 4.74 Å². The van der Waals surface area contributed by atoms with Gasteiger partial charge in [-0.1, -0.05) is 12.1 Å². The van der Waals surface area contributed by atoms with Crippen molar-refractivity contribution in [3.8, 4) is 0 Å². The number of amides is 3. The summed E-state index contributed by atoms with van der Waals surface area (Å²) in [5.74, 6) is -0.704. The first-order valence-corrected chi connectivity index (χ1v) is 8.29. The molecule has 0 spiro atoms. The number of halogens is 2. The number of hydrogen-bond acceptors (Lipinski definition) is 5. The van der Waals surface area contributed by atoms with Crippen molar-refractivity contribution in [2.24, 2.45) is 0 Å². The number of hydrogen-bond donors (Lipinski definition) is 3. The van der Waals surface area contributed by atoms with Crippen molar-refractivity contribution < 1.29 is 18.7 Å². The van der Waals surface area contributed by atoms with E-state index >= 15 is 0 Å². The fourth-order valence-electron chi connectivity index (χ4n) is 2.88. The van der Waals surface area contributed by atoms with Crippen LogP contribution in [0.1, 0.15) is 18.5 Å². The minimum atomic E-state index is -0.549. The zero-order valence-corrected chi connectivity index (χ0v) is 15.8. The summed E-state index contributed by atoms with van der Waals surface area (Å²) in [5.41, 5.74) is 0.804. The van der Waals surface area contributed by atoms with Crippen molar-refractivity contribution in [2.75, 3.05) is 39.9 Å². The molecule has 0 saturated carbocycles. The smallest absolute Gasteiger partial charge is 0.321 e. The van der Waals surface area contributed by atoms with Crippen LogP contribution in [0, 0.1) is 5.82 Å². The van der Waals surface area contributed by atoms with Gasteiger partial charge in [0.2, 0.25) is 5.91 Å². The van der Waals surface area contributed by atoms with Gasteiger partial charge in [0.05, 0.1) is 19.2 Å². The monoisotopic (exact) mass is 388 g/mol. The SMILES string of the molecule is COCC(C)NC(=O)NC(=O)CN1CCNCC1c1cccc(F)c1.Cl. The van der Waals surface area contributed by atoms with E-state index < -0.39 is 11.9 Å². The molecule has 2 atom stereocenters. The normalized spacial score (nSPS) is 18.5. The largest absolute Gasteiger partial charge is 0.383 e. The van der Waals surface area contributed by atoms with Gasteiger partial charge in [0, 0.05) is 32.8 Å². The third-order valence-corrected chi connectivity index (χ3v) is 3.98. The molecule has 2 rings (SSSR count). The number of nitrogens with one attached hydrogen (secondary N) is 3. The van der Waals surface area contributed by atoms with E-state index in [0.29, 0.717) is 19.7 Å². The average Bonchev–Trinajstić information content (AvgIpc) is 2.55. The highest BCUT2D eigenvalue weighted by molar-refractivity contribution is 5.95. The molecule has 3 N–H and O–H groups in total. The molecule has 0 aromatic heterocycles. The van der Waals surface area contributed by atoms with E-state index in [1.807, 2.05) is 11.0 Å². The minimum Gasteiger partial charge on any atom is -0.383 e. The summed E-state index contributed by atoms with van der Waals surface area (Å²) >= 11 is 0. The number of urea groups is 1. The number of ether oxygens (including phenoxy) is 1. The average molecular weight is 389 g/mol. The van der Waals surface area contributed by atoms with Crippen molar-refractivity contribution in [2.45, 2.75) is 19.0 Å². The Labute approximate surface area is 159 Å². The number of benzene rings is 1. The lowest BCUT2D eigenvalue weighted by Crippen LogP contribution is -2.52.